The molecule has 1 fully saturated rings. The highest BCUT2D eigenvalue weighted by atomic mass is 16.2. The van der Waals surface area contributed by atoms with E-state index in [0.717, 1.165) is 43.6 Å². The normalized spacial score (nSPS) is 19.2. The summed E-state index contributed by atoms with van der Waals surface area (Å²) in [5.41, 5.74) is 3.11. The predicted molar refractivity (Wildman–Crippen MR) is 80.0 cm³/mol. The molecule has 0 aromatic heterocycles. The number of carbonyl (C=O) groups excluding carboxylic acids is 2. The van der Waals surface area contributed by atoms with Crippen LogP contribution in [0, 0.1) is 0 Å². The molecule has 2 heterocycles. The van der Waals surface area contributed by atoms with Crippen molar-refractivity contribution in [3.05, 3.63) is 34.9 Å². The van der Waals surface area contributed by atoms with Crippen molar-refractivity contribution in [2.24, 2.45) is 0 Å². The van der Waals surface area contributed by atoms with Gasteiger partial charge in [0.15, 0.2) is 0 Å². The highest BCUT2D eigenvalue weighted by Gasteiger charge is 2.26. The van der Waals surface area contributed by atoms with Crippen LogP contribution in [0.15, 0.2) is 18.2 Å². The molecule has 2 amide bonds. The van der Waals surface area contributed by atoms with Gasteiger partial charge in [-0.3, -0.25) is 9.59 Å². The minimum Gasteiger partial charge on any atom is -0.344 e. The number of benzene rings is 1. The summed E-state index contributed by atoms with van der Waals surface area (Å²) in [4.78, 5) is 28.2. The van der Waals surface area contributed by atoms with Crippen molar-refractivity contribution >= 4 is 11.8 Å². The maximum atomic E-state index is 12.8. The van der Waals surface area contributed by atoms with E-state index in [-0.39, 0.29) is 18.4 Å². The minimum absolute atomic E-state index is 0.00241. The van der Waals surface area contributed by atoms with E-state index in [1.54, 1.807) is 16.8 Å². The average Bonchev–Trinajstić information content (AvgIpc) is 2.68. The van der Waals surface area contributed by atoms with Gasteiger partial charge < -0.3 is 15.1 Å². The van der Waals surface area contributed by atoms with Crippen LogP contribution in [0.3, 0.4) is 0 Å². The van der Waals surface area contributed by atoms with Crippen LogP contribution in [0.1, 0.15) is 27.9 Å². The Morgan fingerprint density at radius 2 is 2.14 bits per heavy atom. The summed E-state index contributed by atoms with van der Waals surface area (Å²) in [5.74, 6) is 0.0183. The maximum Gasteiger partial charge on any atom is 0.254 e. The van der Waals surface area contributed by atoms with Gasteiger partial charge in [-0.05, 0) is 36.6 Å². The fourth-order valence-electron chi connectivity index (χ4n) is 3.06. The van der Waals surface area contributed by atoms with Gasteiger partial charge in [0.05, 0.1) is 0 Å². The third-order valence-corrected chi connectivity index (χ3v) is 4.33. The van der Waals surface area contributed by atoms with Gasteiger partial charge in [0.2, 0.25) is 5.91 Å². The third-order valence-electron chi connectivity index (χ3n) is 4.33. The Balaban J connectivity index is 1.86. The number of rotatable bonds is 1. The van der Waals surface area contributed by atoms with Gasteiger partial charge in [-0.25, -0.2) is 0 Å². The number of nitrogens with one attached hydrogen (secondary N) is 1. The molecule has 1 aromatic rings. The smallest absolute Gasteiger partial charge is 0.254 e. The van der Waals surface area contributed by atoms with Gasteiger partial charge in [0.25, 0.3) is 5.91 Å². The highest BCUT2D eigenvalue weighted by Crippen LogP contribution is 2.21. The lowest BCUT2D eigenvalue weighted by Gasteiger charge is -2.24. The van der Waals surface area contributed by atoms with Crippen molar-refractivity contribution in [3.8, 4) is 0 Å². The van der Waals surface area contributed by atoms with Gasteiger partial charge in [-0.2, -0.15) is 0 Å². The predicted octanol–water partition coefficient (Wildman–Crippen LogP) is 0.637. The van der Waals surface area contributed by atoms with Gasteiger partial charge >= 0.3 is 0 Å². The zero-order valence-electron chi connectivity index (χ0n) is 12.4. The van der Waals surface area contributed by atoms with Crippen molar-refractivity contribution in [2.75, 3.05) is 33.2 Å². The third kappa shape index (κ3) is 2.78. The molecule has 21 heavy (non-hydrogen) atoms. The molecule has 1 saturated heterocycles. The van der Waals surface area contributed by atoms with Crippen LogP contribution < -0.4 is 5.32 Å². The van der Waals surface area contributed by atoms with Crippen molar-refractivity contribution < 1.29 is 9.59 Å². The van der Waals surface area contributed by atoms with Crippen LogP contribution in [0.5, 0.6) is 0 Å². The second-order valence-electron chi connectivity index (χ2n) is 5.77. The molecule has 0 bridgehead atoms. The van der Waals surface area contributed by atoms with Crippen LogP contribution in [0.2, 0.25) is 0 Å². The second-order valence-corrected chi connectivity index (χ2v) is 5.77. The van der Waals surface area contributed by atoms with E-state index in [0.29, 0.717) is 6.54 Å². The summed E-state index contributed by atoms with van der Waals surface area (Å²) < 4.78 is 0. The molecule has 0 aliphatic carbocycles. The Morgan fingerprint density at radius 3 is 3.00 bits per heavy atom. The van der Waals surface area contributed by atoms with E-state index >= 15 is 0 Å². The SMILES string of the molecule is CN1CCCN(C(=O)c2cccc3c2CCNC3)CC1=O. The summed E-state index contributed by atoms with van der Waals surface area (Å²) in [6, 6.07) is 5.90. The Bertz CT molecular complexity index is 571. The maximum absolute atomic E-state index is 12.8. The van der Waals surface area contributed by atoms with Crippen LogP contribution in [-0.4, -0.2) is 54.8 Å². The number of amides is 2. The zero-order valence-corrected chi connectivity index (χ0v) is 12.4. The van der Waals surface area contributed by atoms with E-state index in [2.05, 4.69) is 11.4 Å². The first-order valence-corrected chi connectivity index (χ1v) is 7.51. The first-order valence-electron chi connectivity index (χ1n) is 7.51. The van der Waals surface area contributed by atoms with Crippen LogP contribution >= 0.6 is 0 Å². The van der Waals surface area contributed by atoms with Crippen LogP contribution in [0.4, 0.5) is 0 Å². The van der Waals surface area contributed by atoms with Gasteiger partial charge in [0.1, 0.15) is 6.54 Å². The highest BCUT2D eigenvalue weighted by molar-refractivity contribution is 5.98. The summed E-state index contributed by atoms with van der Waals surface area (Å²) >= 11 is 0. The number of fused-ring (bicyclic) bond motifs is 1. The van der Waals surface area contributed by atoms with Crippen molar-refractivity contribution in [1.82, 2.24) is 15.1 Å². The van der Waals surface area contributed by atoms with Gasteiger partial charge in [-0.15, -0.1) is 0 Å². The van der Waals surface area contributed by atoms with Crippen molar-refractivity contribution in [1.29, 1.82) is 0 Å². The quantitative estimate of drug-likeness (QED) is 0.824. The molecular weight excluding hydrogens is 266 g/mol. The van der Waals surface area contributed by atoms with Crippen LogP contribution in [0.25, 0.3) is 0 Å². The first-order chi connectivity index (χ1) is 10.2. The lowest BCUT2D eigenvalue weighted by Crippen LogP contribution is -2.39. The summed E-state index contributed by atoms with van der Waals surface area (Å²) in [5, 5.41) is 3.32. The van der Waals surface area contributed by atoms with E-state index < -0.39 is 0 Å². The molecule has 112 valence electrons. The standard InChI is InChI=1S/C16H21N3O2/c1-18-8-3-9-19(11-15(18)20)16(21)14-5-2-4-12-10-17-7-6-13(12)14/h2,4-5,17H,3,6-11H2,1H3. The van der Waals surface area contributed by atoms with Gasteiger partial charge in [0, 0.05) is 32.2 Å². The zero-order chi connectivity index (χ0) is 14.8. The molecule has 3 rings (SSSR count). The van der Waals surface area contributed by atoms with Crippen molar-refractivity contribution in [3.63, 3.8) is 0 Å². The van der Waals surface area contributed by atoms with E-state index in [4.69, 9.17) is 0 Å². The lowest BCUT2D eigenvalue weighted by atomic mass is 9.94. The Labute approximate surface area is 124 Å². The Kier molecular flexibility index (Phi) is 3.92. The van der Waals surface area contributed by atoms with E-state index in [9.17, 15) is 9.59 Å². The second kappa shape index (κ2) is 5.85. The van der Waals surface area contributed by atoms with Gasteiger partial charge in [-0.1, -0.05) is 12.1 Å². The summed E-state index contributed by atoms with van der Waals surface area (Å²) in [6.07, 6.45) is 1.71. The molecule has 2 aliphatic rings. The van der Waals surface area contributed by atoms with E-state index in [1.165, 1.54) is 5.56 Å². The number of hydrogen-bond acceptors (Lipinski definition) is 3. The molecule has 0 radical (unpaired) electrons. The molecule has 1 N–H and O–H groups in total. The summed E-state index contributed by atoms with van der Waals surface area (Å²) in [7, 11) is 1.80. The Morgan fingerprint density at radius 1 is 1.29 bits per heavy atom. The molecule has 5 heteroatoms. The fraction of sp³-hybridized carbons (Fsp3) is 0.500. The molecule has 5 nitrogen and oxygen atoms in total. The lowest BCUT2D eigenvalue weighted by molar-refractivity contribution is -0.129. The average molecular weight is 287 g/mol. The summed E-state index contributed by atoms with van der Waals surface area (Å²) in [6.45, 7) is 3.28. The first kappa shape index (κ1) is 14.1. The number of carbonyl (C=O) groups is 2. The molecule has 1 aromatic carbocycles. The van der Waals surface area contributed by atoms with E-state index in [1.807, 2.05) is 12.1 Å². The molecular formula is C16H21N3O2. The number of nitrogens with zero attached hydrogens (tertiary/aromatic N) is 2. The number of hydrogen-bond donors (Lipinski definition) is 1. The Hall–Kier alpha value is -1.88. The minimum atomic E-state index is -0.00241. The fourth-order valence-corrected chi connectivity index (χ4v) is 3.06. The molecule has 0 unspecified atom stereocenters. The molecule has 0 spiro atoms. The van der Waals surface area contributed by atoms with Crippen LogP contribution in [-0.2, 0) is 17.8 Å². The van der Waals surface area contributed by atoms with Crippen molar-refractivity contribution in [2.45, 2.75) is 19.4 Å². The topological polar surface area (TPSA) is 52.6 Å². The molecule has 0 saturated carbocycles. The largest absolute Gasteiger partial charge is 0.344 e. The monoisotopic (exact) mass is 287 g/mol. The number of likely N-dealkylation sites (N-methyl/N-ethyl adjacent to an activating group) is 1. The molecule has 0 atom stereocenters. The molecule has 2 aliphatic heterocycles.